The number of esters is 1. The van der Waals surface area contributed by atoms with Crippen LogP contribution in [0.25, 0.3) is 0 Å². The lowest BCUT2D eigenvalue weighted by Gasteiger charge is -2.26. The monoisotopic (exact) mass is 431 g/mol. The number of nitrogens with one attached hydrogen (secondary N) is 1. The van der Waals surface area contributed by atoms with Crippen LogP contribution in [0.1, 0.15) is 24.2 Å². The number of hydrogen-bond acceptors (Lipinski definition) is 5. The average molecular weight is 432 g/mol. The lowest BCUT2D eigenvalue weighted by Crippen LogP contribution is -2.41. The molecule has 2 aromatic rings. The van der Waals surface area contributed by atoms with Crippen molar-refractivity contribution in [1.82, 2.24) is 4.90 Å². The molecule has 0 aliphatic carbocycles. The second kappa shape index (κ2) is 11.2. The number of amides is 2. The Labute approximate surface area is 181 Å². The SMILES string of the molecule is CCOC(=O)c1cccc(N(CC)CC(=O)N(C)CC(=O)Nc2ccccc2Cl)c1. The fourth-order valence-electron chi connectivity index (χ4n) is 2.77. The fraction of sp³-hybridized carbons (Fsp3) is 0.318. The van der Waals surface area contributed by atoms with Gasteiger partial charge < -0.3 is 19.9 Å². The zero-order valence-corrected chi connectivity index (χ0v) is 18.1. The summed E-state index contributed by atoms with van der Waals surface area (Å²) >= 11 is 6.04. The maximum atomic E-state index is 12.6. The molecule has 0 aromatic heterocycles. The van der Waals surface area contributed by atoms with E-state index in [1.54, 1.807) is 56.4 Å². The third-order valence-corrected chi connectivity index (χ3v) is 4.71. The molecule has 2 amide bonds. The number of hydrogen-bond donors (Lipinski definition) is 1. The summed E-state index contributed by atoms with van der Waals surface area (Å²) in [5.74, 6) is -0.978. The summed E-state index contributed by atoms with van der Waals surface area (Å²) in [6.45, 7) is 4.46. The molecule has 0 fully saturated rings. The Hall–Kier alpha value is -3.06. The van der Waals surface area contributed by atoms with E-state index in [1.165, 1.54) is 4.90 Å². The van der Waals surface area contributed by atoms with Gasteiger partial charge in [0.2, 0.25) is 11.8 Å². The molecule has 2 rings (SSSR count). The minimum absolute atomic E-state index is 0.0681. The summed E-state index contributed by atoms with van der Waals surface area (Å²) in [7, 11) is 1.57. The zero-order valence-electron chi connectivity index (χ0n) is 17.4. The third-order valence-electron chi connectivity index (χ3n) is 4.38. The van der Waals surface area contributed by atoms with E-state index in [0.29, 0.717) is 29.4 Å². The highest BCUT2D eigenvalue weighted by Gasteiger charge is 2.18. The maximum absolute atomic E-state index is 12.6. The van der Waals surface area contributed by atoms with Gasteiger partial charge in [-0.3, -0.25) is 9.59 Å². The normalized spacial score (nSPS) is 10.3. The molecule has 0 aliphatic heterocycles. The van der Waals surface area contributed by atoms with Crippen molar-refractivity contribution in [2.45, 2.75) is 13.8 Å². The summed E-state index contributed by atoms with van der Waals surface area (Å²) in [4.78, 5) is 40.0. The molecule has 160 valence electrons. The van der Waals surface area contributed by atoms with Gasteiger partial charge in [0, 0.05) is 19.3 Å². The Balaban J connectivity index is 1.99. The highest BCUT2D eigenvalue weighted by atomic mass is 35.5. The van der Waals surface area contributed by atoms with Gasteiger partial charge in [-0.1, -0.05) is 29.8 Å². The van der Waals surface area contributed by atoms with Crippen LogP contribution in [-0.2, 0) is 14.3 Å². The standard InChI is InChI=1S/C22H26ClN3O4/c1-4-26(17-10-8-9-16(13-17)22(29)30-5-2)15-21(28)25(3)14-20(27)24-19-12-7-6-11-18(19)23/h6-13H,4-5,14-15H2,1-3H3,(H,24,27). The molecule has 0 radical (unpaired) electrons. The van der Waals surface area contributed by atoms with Gasteiger partial charge in [-0.25, -0.2) is 4.79 Å². The van der Waals surface area contributed by atoms with Crippen LogP contribution < -0.4 is 10.2 Å². The molecule has 30 heavy (non-hydrogen) atoms. The third kappa shape index (κ3) is 6.49. The minimum atomic E-state index is -0.407. The quantitative estimate of drug-likeness (QED) is 0.615. The number of para-hydroxylation sites is 1. The van der Waals surface area contributed by atoms with Crippen molar-refractivity contribution >= 4 is 40.8 Å². The Morgan fingerprint density at radius 1 is 1.03 bits per heavy atom. The number of benzene rings is 2. The van der Waals surface area contributed by atoms with Gasteiger partial charge in [-0.05, 0) is 44.2 Å². The lowest BCUT2D eigenvalue weighted by atomic mass is 10.2. The molecule has 0 saturated carbocycles. The van der Waals surface area contributed by atoms with Crippen molar-refractivity contribution in [3.63, 3.8) is 0 Å². The first-order valence-corrected chi connectivity index (χ1v) is 10.0. The zero-order chi connectivity index (χ0) is 22.1. The van der Waals surface area contributed by atoms with Gasteiger partial charge in [-0.15, -0.1) is 0 Å². The average Bonchev–Trinajstić information content (AvgIpc) is 2.73. The molecule has 7 nitrogen and oxygen atoms in total. The number of anilines is 2. The molecule has 0 bridgehead atoms. The summed E-state index contributed by atoms with van der Waals surface area (Å²) in [5, 5.41) is 3.13. The van der Waals surface area contributed by atoms with Crippen LogP contribution in [0.3, 0.4) is 0 Å². The van der Waals surface area contributed by atoms with Crippen molar-refractivity contribution in [2.75, 3.05) is 43.5 Å². The van der Waals surface area contributed by atoms with E-state index in [9.17, 15) is 14.4 Å². The summed E-state index contributed by atoms with van der Waals surface area (Å²) in [6, 6.07) is 13.8. The van der Waals surface area contributed by atoms with E-state index in [1.807, 2.05) is 17.9 Å². The molecule has 8 heteroatoms. The molecular weight excluding hydrogens is 406 g/mol. The van der Waals surface area contributed by atoms with E-state index >= 15 is 0 Å². The lowest BCUT2D eigenvalue weighted by molar-refractivity contribution is -0.132. The van der Waals surface area contributed by atoms with Gasteiger partial charge in [0.05, 0.1) is 36.0 Å². The Bertz CT molecular complexity index is 903. The van der Waals surface area contributed by atoms with Gasteiger partial charge >= 0.3 is 5.97 Å². The molecule has 0 spiro atoms. The van der Waals surface area contributed by atoms with Gasteiger partial charge in [0.15, 0.2) is 0 Å². The first-order chi connectivity index (χ1) is 14.3. The number of likely N-dealkylation sites (N-methyl/N-ethyl adjacent to an activating group) is 2. The molecule has 1 N–H and O–H groups in total. The highest BCUT2D eigenvalue weighted by Crippen LogP contribution is 2.20. The van der Waals surface area contributed by atoms with Crippen LogP contribution in [0.5, 0.6) is 0 Å². The first kappa shape index (κ1) is 23.2. The van der Waals surface area contributed by atoms with Crippen LogP contribution in [0, 0.1) is 0 Å². The number of carbonyl (C=O) groups excluding carboxylic acids is 3. The van der Waals surface area contributed by atoms with E-state index in [0.717, 1.165) is 5.69 Å². The molecular formula is C22H26ClN3O4. The predicted octanol–water partition coefficient (Wildman–Crippen LogP) is 3.44. The summed E-state index contributed by atoms with van der Waals surface area (Å²) in [6.07, 6.45) is 0. The number of rotatable bonds is 9. The maximum Gasteiger partial charge on any atom is 0.338 e. The number of halogens is 1. The second-order valence-electron chi connectivity index (χ2n) is 6.56. The topological polar surface area (TPSA) is 79.0 Å². The Kier molecular flexibility index (Phi) is 8.68. The molecule has 0 heterocycles. The second-order valence-corrected chi connectivity index (χ2v) is 6.97. The van der Waals surface area contributed by atoms with E-state index in [2.05, 4.69) is 5.32 Å². The van der Waals surface area contributed by atoms with Crippen LogP contribution in [0.4, 0.5) is 11.4 Å². The van der Waals surface area contributed by atoms with Crippen molar-refractivity contribution in [3.05, 3.63) is 59.1 Å². The minimum Gasteiger partial charge on any atom is -0.462 e. The molecule has 0 unspecified atom stereocenters. The van der Waals surface area contributed by atoms with Crippen molar-refractivity contribution in [1.29, 1.82) is 0 Å². The smallest absolute Gasteiger partial charge is 0.338 e. The largest absolute Gasteiger partial charge is 0.462 e. The Morgan fingerprint density at radius 2 is 1.77 bits per heavy atom. The van der Waals surface area contributed by atoms with Crippen LogP contribution in [0.2, 0.25) is 5.02 Å². The van der Waals surface area contributed by atoms with Crippen molar-refractivity contribution in [3.8, 4) is 0 Å². The van der Waals surface area contributed by atoms with E-state index in [-0.39, 0.29) is 24.9 Å². The van der Waals surface area contributed by atoms with Crippen LogP contribution in [0.15, 0.2) is 48.5 Å². The predicted molar refractivity (Wildman–Crippen MR) is 118 cm³/mol. The Morgan fingerprint density at radius 3 is 2.43 bits per heavy atom. The summed E-state index contributed by atoms with van der Waals surface area (Å²) in [5.41, 5.74) is 1.65. The van der Waals surface area contributed by atoms with Crippen molar-refractivity contribution in [2.24, 2.45) is 0 Å². The molecule has 0 saturated heterocycles. The molecule has 2 aromatic carbocycles. The van der Waals surface area contributed by atoms with Gasteiger partial charge in [0.25, 0.3) is 0 Å². The van der Waals surface area contributed by atoms with E-state index < -0.39 is 5.97 Å². The highest BCUT2D eigenvalue weighted by molar-refractivity contribution is 6.33. The first-order valence-electron chi connectivity index (χ1n) is 9.66. The summed E-state index contributed by atoms with van der Waals surface area (Å²) < 4.78 is 5.03. The van der Waals surface area contributed by atoms with Gasteiger partial charge in [0.1, 0.15) is 0 Å². The number of nitrogens with zero attached hydrogens (tertiary/aromatic N) is 2. The number of carbonyl (C=O) groups is 3. The van der Waals surface area contributed by atoms with E-state index in [4.69, 9.17) is 16.3 Å². The fourth-order valence-corrected chi connectivity index (χ4v) is 2.95. The molecule has 0 atom stereocenters. The van der Waals surface area contributed by atoms with Gasteiger partial charge in [-0.2, -0.15) is 0 Å². The van der Waals surface area contributed by atoms with Crippen LogP contribution in [-0.4, -0.2) is 56.0 Å². The number of ether oxygens (including phenoxy) is 1. The van der Waals surface area contributed by atoms with Crippen molar-refractivity contribution < 1.29 is 19.1 Å². The van der Waals surface area contributed by atoms with Crippen LogP contribution >= 0.6 is 11.6 Å². The molecule has 0 aliphatic rings.